The summed E-state index contributed by atoms with van der Waals surface area (Å²) in [5.74, 6) is -8.34. The van der Waals surface area contributed by atoms with Crippen molar-refractivity contribution in [1.29, 1.82) is 0 Å². The van der Waals surface area contributed by atoms with Gasteiger partial charge in [0.2, 0.25) is 0 Å². The van der Waals surface area contributed by atoms with Crippen LogP contribution in [-0.2, 0) is 62.4 Å². The number of aryl methyl sites for hydroxylation is 3. The Labute approximate surface area is 471 Å². The van der Waals surface area contributed by atoms with Crippen LogP contribution in [0.25, 0.3) is 30.3 Å². The summed E-state index contributed by atoms with van der Waals surface area (Å²) in [6, 6.07) is 13.5. The summed E-state index contributed by atoms with van der Waals surface area (Å²) >= 11 is 4.09. The number of amides is 5. The first-order chi connectivity index (χ1) is 37.8. The number of thiophene rings is 3. The summed E-state index contributed by atoms with van der Waals surface area (Å²) in [5, 5.41) is 24.3. The van der Waals surface area contributed by atoms with Crippen LogP contribution in [0.1, 0.15) is 107 Å². The van der Waals surface area contributed by atoms with Crippen molar-refractivity contribution in [2.24, 2.45) is 29.0 Å². The van der Waals surface area contributed by atoms with E-state index < -0.39 is 90.1 Å². The molecular weight excluding hydrogens is 1100 g/mol. The Morgan fingerprint density at radius 2 is 0.812 bits per heavy atom. The molecule has 25 heteroatoms. The van der Waals surface area contributed by atoms with Crippen molar-refractivity contribution in [2.45, 2.75) is 92.7 Å². The number of Topliss-reactive ketones (excluding diaryl/α,β-unsaturated/α-hetero) is 3. The van der Waals surface area contributed by atoms with Crippen molar-refractivity contribution < 1.29 is 81.9 Å². The number of hydrogen-bond acceptors (Lipinski definition) is 18. The number of ether oxygens (including phenoxy) is 4. The zero-order valence-electron chi connectivity index (χ0n) is 45.1. The number of fused-ring (bicyclic) bond motifs is 3. The Balaban J connectivity index is 0.000000262. The SMILES string of the molecule is CCc1sc2cccc(OCC(=O)N[C@@H](CC(C)C)C(=O)O)c2c1C(=O)C(N)=O.CCc1sc2cccc(OCC(=O)N[C@@H](CC(C)C)C(=O)OC)c2c1C(=O)C(N)=O.CCc1sc2cccc(OCC(=O)O)c2c1C(=O)C(N)=O. The molecule has 428 valence electrons. The van der Waals surface area contributed by atoms with E-state index in [9.17, 15) is 57.8 Å². The molecule has 6 aromatic rings. The van der Waals surface area contributed by atoms with Gasteiger partial charge in [0, 0.05) is 44.9 Å². The number of carbonyl (C=O) groups is 11. The van der Waals surface area contributed by atoms with Crippen molar-refractivity contribution in [3.63, 3.8) is 0 Å². The number of esters is 1. The van der Waals surface area contributed by atoms with Gasteiger partial charge >= 0.3 is 17.9 Å². The predicted octanol–water partition coefficient (Wildman–Crippen LogP) is 5.94. The quantitative estimate of drug-likeness (QED) is 0.0188. The van der Waals surface area contributed by atoms with Crippen molar-refractivity contribution in [1.82, 2.24) is 10.6 Å². The predicted molar refractivity (Wildman–Crippen MR) is 301 cm³/mol. The molecule has 0 aliphatic rings. The maximum absolute atomic E-state index is 12.4. The molecule has 2 atom stereocenters. The average Bonchev–Trinajstić information content (AvgIpc) is 4.12. The molecular formula is C55H63N5O17S3. The molecule has 10 N–H and O–H groups in total. The fourth-order valence-corrected chi connectivity index (χ4v) is 11.6. The minimum atomic E-state index is -1.12. The molecule has 0 bridgehead atoms. The highest BCUT2D eigenvalue weighted by molar-refractivity contribution is 7.20. The van der Waals surface area contributed by atoms with Crippen LogP contribution in [0, 0.1) is 11.8 Å². The van der Waals surface area contributed by atoms with Crippen LogP contribution in [0.4, 0.5) is 0 Å². The fraction of sp³-hybridized carbons (Fsp3) is 0.364. The molecule has 3 heterocycles. The van der Waals surface area contributed by atoms with Crippen LogP contribution in [-0.4, -0.2) is 114 Å². The van der Waals surface area contributed by atoms with Crippen LogP contribution in [0.2, 0.25) is 0 Å². The van der Waals surface area contributed by atoms with Gasteiger partial charge in [0.05, 0.1) is 23.8 Å². The maximum Gasteiger partial charge on any atom is 0.341 e. The smallest absolute Gasteiger partial charge is 0.341 e. The van der Waals surface area contributed by atoms with Gasteiger partial charge in [-0.05, 0) is 80.3 Å². The fourth-order valence-electron chi connectivity index (χ4n) is 8.11. The number of ketones is 3. The first kappa shape index (κ1) is 64.2. The number of rotatable bonds is 26. The Kier molecular flexibility index (Phi) is 23.8. The van der Waals surface area contributed by atoms with Gasteiger partial charge in [0.15, 0.2) is 19.8 Å². The largest absolute Gasteiger partial charge is 0.483 e. The molecule has 0 aliphatic heterocycles. The first-order valence-electron chi connectivity index (χ1n) is 24.9. The van der Waals surface area contributed by atoms with Gasteiger partial charge < -0.3 is 57.0 Å². The number of carboxylic acid groups (broad SMARTS) is 2. The van der Waals surface area contributed by atoms with Gasteiger partial charge in [-0.2, -0.15) is 0 Å². The number of nitrogens with two attached hydrogens (primary N) is 3. The third-order valence-electron chi connectivity index (χ3n) is 11.5. The van der Waals surface area contributed by atoms with E-state index in [0.29, 0.717) is 52.5 Å². The van der Waals surface area contributed by atoms with E-state index in [2.05, 4.69) is 10.6 Å². The summed E-state index contributed by atoms with van der Waals surface area (Å²) < 4.78 is 23.4. The lowest BCUT2D eigenvalue weighted by Gasteiger charge is -2.18. The minimum absolute atomic E-state index is 0.0895. The van der Waals surface area contributed by atoms with Gasteiger partial charge in [-0.1, -0.05) is 66.7 Å². The summed E-state index contributed by atoms with van der Waals surface area (Å²) in [4.78, 5) is 132. The number of benzene rings is 3. The Morgan fingerprint density at radius 1 is 0.500 bits per heavy atom. The van der Waals surface area contributed by atoms with E-state index in [1.165, 1.54) is 41.1 Å². The first-order valence-corrected chi connectivity index (χ1v) is 27.4. The summed E-state index contributed by atoms with van der Waals surface area (Å²) in [6.45, 7) is 11.8. The molecule has 0 spiro atoms. The highest BCUT2D eigenvalue weighted by Crippen LogP contribution is 2.41. The van der Waals surface area contributed by atoms with Crippen molar-refractivity contribution >= 4 is 129 Å². The molecule has 0 radical (unpaired) electrons. The van der Waals surface area contributed by atoms with Gasteiger partial charge in [0.1, 0.15) is 29.3 Å². The lowest BCUT2D eigenvalue weighted by atomic mass is 10.0. The van der Waals surface area contributed by atoms with Gasteiger partial charge in [-0.15, -0.1) is 34.0 Å². The Hall–Kier alpha value is -8.29. The molecule has 0 saturated carbocycles. The second-order valence-electron chi connectivity index (χ2n) is 18.3. The molecule has 3 aromatic carbocycles. The number of primary amides is 3. The minimum Gasteiger partial charge on any atom is -0.483 e. The van der Waals surface area contributed by atoms with Crippen molar-refractivity contribution in [3.8, 4) is 17.2 Å². The monoisotopic (exact) mass is 1160 g/mol. The zero-order valence-corrected chi connectivity index (χ0v) is 47.6. The number of methoxy groups -OCH3 is 1. The van der Waals surface area contributed by atoms with Gasteiger partial charge in [-0.3, -0.25) is 38.4 Å². The van der Waals surface area contributed by atoms with Crippen molar-refractivity contribution in [2.75, 3.05) is 26.9 Å². The lowest BCUT2D eigenvalue weighted by molar-refractivity contribution is -0.145. The second-order valence-corrected chi connectivity index (χ2v) is 21.8. The van der Waals surface area contributed by atoms with E-state index in [1.54, 1.807) is 54.6 Å². The van der Waals surface area contributed by atoms with E-state index in [1.807, 2.05) is 48.5 Å². The van der Waals surface area contributed by atoms with Crippen LogP contribution >= 0.6 is 34.0 Å². The molecule has 22 nitrogen and oxygen atoms in total. The van der Waals surface area contributed by atoms with E-state index in [4.69, 9.17) is 41.3 Å². The summed E-state index contributed by atoms with van der Waals surface area (Å²) in [6.07, 6.45) is 2.35. The molecule has 80 heavy (non-hydrogen) atoms. The summed E-state index contributed by atoms with van der Waals surface area (Å²) in [7, 11) is 1.26. The molecule has 6 rings (SSSR count). The average molecular weight is 1160 g/mol. The molecule has 0 saturated heterocycles. The number of carboxylic acids is 2. The van der Waals surface area contributed by atoms with Crippen LogP contribution in [0.15, 0.2) is 54.6 Å². The maximum atomic E-state index is 12.4. The van der Waals surface area contributed by atoms with E-state index in [0.717, 1.165) is 23.9 Å². The van der Waals surface area contributed by atoms with Crippen LogP contribution in [0.3, 0.4) is 0 Å². The number of aliphatic carboxylic acids is 2. The topological polar surface area (TPSA) is 367 Å². The zero-order chi connectivity index (χ0) is 59.7. The standard InChI is InChI=1S/C21H26N2O6S.C20H24N2O6S.C14H13NO5S/c1-5-14-18(19(25)20(22)26)17-13(7-6-8-15(17)30-14)29-10-16(24)23-12(9-11(2)3)21(27)28-4;1-4-13-17(18(24)19(21)25)16-12(6-5-7-14(16)29-13)28-9-15(23)22-11(20(26)27)8-10(2)3;1-2-8-12(13(18)14(15)19)11-7(20-6-10(16)17)4-3-5-9(11)21-8/h6-8,11-12H,5,9-10H2,1-4H3,(H2,22,26)(H,23,24);5-7,10-11H,4,8-9H2,1-3H3,(H2,21,25)(H,22,23)(H,26,27);3-5H,2,6H2,1H3,(H2,15,19)(H,16,17)/t12-;11-;/m00./s1. The number of carbonyl (C=O) groups excluding carboxylic acids is 9. The van der Waals surface area contributed by atoms with Gasteiger partial charge in [-0.25, -0.2) is 14.4 Å². The number of nitrogens with one attached hydrogen (secondary N) is 2. The summed E-state index contributed by atoms with van der Waals surface area (Å²) in [5.41, 5.74) is 16.1. The molecule has 0 aliphatic carbocycles. The van der Waals surface area contributed by atoms with Crippen LogP contribution < -0.4 is 42.0 Å². The Bertz CT molecular complexity index is 3340. The molecule has 0 fully saturated rings. The second kappa shape index (κ2) is 29.6. The third-order valence-corrected chi connectivity index (χ3v) is 15.4. The highest BCUT2D eigenvalue weighted by atomic mass is 32.1. The van der Waals surface area contributed by atoms with Gasteiger partial charge in [0.25, 0.3) is 46.9 Å². The highest BCUT2D eigenvalue weighted by Gasteiger charge is 2.29. The van der Waals surface area contributed by atoms with Crippen LogP contribution in [0.5, 0.6) is 17.2 Å². The molecule has 5 amide bonds. The normalized spacial score (nSPS) is 11.6. The molecule has 0 unspecified atom stereocenters. The molecule has 3 aromatic heterocycles. The number of hydrogen-bond donors (Lipinski definition) is 7. The third kappa shape index (κ3) is 16.6. The van der Waals surface area contributed by atoms with E-state index >= 15 is 0 Å². The Morgan fingerprint density at radius 3 is 1.09 bits per heavy atom. The van der Waals surface area contributed by atoms with Crippen molar-refractivity contribution in [3.05, 3.63) is 85.9 Å². The lowest BCUT2D eigenvalue weighted by Crippen LogP contribution is -2.44. The van der Waals surface area contributed by atoms with E-state index in [-0.39, 0.29) is 53.1 Å².